The van der Waals surface area contributed by atoms with E-state index in [2.05, 4.69) is 14.9 Å². The molecule has 0 aliphatic carbocycles. The van der Waals surface area contributed by atoms with Gasteiger partial charge in [-0.15, -0.1) is 11.3 Å². The third-order valence-electron chi connectivity index (χ3n) is 2.85. The molecule has 6 heteroatoms. The van der Waals surface area contributed by atoms with Gasteiger partial charge < -0.3 is 9.84 Å². The van der Waals surface area contributed by atoms with Gasteiger partial charge >= 0.3 is 0 Å². The van der Waals surface area contributed by atoms with E-state index in [-0.39, 0.29) is 6.61 Å². The summed E-state index contributed by atoms with van der Waals surface area (Å²) in [6.45, 7) is 2.92. The highest BCUT2D eigenvalue weighted by Gasteiger charge is 2.10. The summed E-state index contributed by atoms with van der Waals surface area (Å²) in [5.41, 5.74) is 1.90. The van der Waals surface area contributed by atoms with Crippen LogP contribution in [-0.2, 0) is 11.3 Å². The van der Waals surface area contributed by atoms with Crippen molar-refractivity contribution in [1.29, 1.82) is 0 Å². The van der Waals surface area contributed by atoms with Crippen molar-refractivity contribution in [2.75, 3.05) is 33.4 Å². The second-order valence-electron chi connectivity index (χ2n) is 4.35. The SMILES string of the molecule is COCCN(CCO)Cc1csc(-c2ccccn2)n1. The summed E-state index contributed by atoms with van der Waals surface area (Å²) in [6.07, 6.45) is 1.77. The quantitative estimate of drug-likeness (QED) is 0.802. The summed E-state index contributed by atoms with van der Waals surface area (Å²) in [6, 6.07) is 5.81. The zero-order chi connectivity index (χ0) is 14.2. The first kappa shape index (κ1) is 15.1. The molecule has 0 aliphatic rings. The minimum Gasteiger partial charge on any atom is -0.395 e. The monoisotopic (exact) mass is 293 g/mol. The fourth-order valence-electron chi connectivity index (χ4n) is 1.85. The van der Waals surface area contributed by atoms with Crippen molar-refractivity contribution in [2.24, 2.45) is 0 Å². The van der Waals surface area contributed by atoms with Crippen molar-refractivity contribution in [1.82, 2.24) is 14.9 Å². The van der Waals surface area contributed by atoms with Crippen LogP contribution in [0.25, 0.3) is 10.7 Å². The van der Waals surface area contributed by atoms with Crippen molar-refractivity contribution < 1.29 is 9.84 Å². The molecule has 5 nitrogen and oxygen atoms in total. The fourth-order valence-corrected chi connectivity index (χ4v) is 2.63. The van der Waals surface area contributed by atoms with E-state index in [9.17, 15) is 0 Å². The molecule has 0 radical (unpaired) electrons. The van der Waals surface area contributed by atoms with Gasteiger partial charge in [-0.2, -0.15) is 0 Å². The minimum atomic E-state index is 0.140. The molecule has 2 heterocycles. The van der Waals surface area contributed by atoms with Crippen LogP contribution < -0.4 is 0 Å². The lowest BCUT2D eigenvalue weighted by Gasteiger charge is -2.19. The van der Waals surface area contributed by atoms with Crippen LogP contribution in [0.3, 0.4) is 0 Å². The number of aromatic nitrogens is 2. The first-order valence-electron chi connectivity index (χ1n) is 6.51. The van der Waals surface area contributed by atoms with Crippen LogP contribution in [-0.4, -0.2) is 53.4 Å². The molecule has 0 unspecified atom stereocenters. The lowest BCUT2D eigenvalue weighted by molar-refractivity contribution is 0.126. The molecular weight excluding hydrogens is 274 g/mol. The standard InChI is InChI=1S/C14H19N3O2S/c1-19-9-7-17(6-8-18)10-12-11-20-14(16-12)13-4-2-3-5-15-13/h2-5,11,18H,6-10H2,1H3. The lowest BCUT2D eigenvalue weighted by atomic mass is 10.3. The lowest BCUT2D eigenvalue weighted by Crippen LogP contribution is -2.29. The Morgan fingerprint density at radius 3 is 2.95 bits per heavy atom. The molecule has 0 aromatic carbocycles. The summed E-state index contributed by atoms with van der Waals surface area (Å²) in [7, 11) is 1.68. The van der Waals surface area contributed by atoms with E-state index in [4.69, 9.17) is 9.84 Å². The zero-order valence-corrected chi connectivity index (χ0v) is 12.3. The summed E-state index contributed by atoms with van der Waals surface area (Å²) in [5.74, 6) is 0. The normalized spacial score (nSPS) is 11.2. The first-order chi connectivity index (χ1) is 9.83. The Morgan fingerprint density at radius 2 is 2.25 bits per heavy atom. The molecule has 0 saturated carbocycles. The topological polar surface area (TPSA) is 58.5 Å². The van der Waals surface area contributed by atoms with Gasteiger partial charge in [0, 0.05) is 38.3 Å². The van der Waals surface area contributed by atoms with Gasteiger partial charge in [-0.25, -0.2) is 4.98 Å². The number of methoxy groups -OCH3 is 1. The molecule has 2 aromatic heterocycles. The van der Waals surface area contributed by atoms with E-state index >= 15 is 0 Å². The van der Waals surface area contributed by atoms with E-state index < -0.39 is 0 Å². The van der Waals surface area contributed by atoms with E-state index in [1.807, 2.05) is 23.6 Å². The second-order valence-corrected chi connectivity index (χ2v) is 5.21. The number of aliphatic hydroxyl groups is 1. The zero-order valence-electron chi connectivity index (χ0n) is 11.5. The van der Waals surface area contributed by atoms with Gasteiger partial charge in [-0.3, -0.25) is 9.88 Å². The Bertz CT molecular complexity index is 504. The van der Waals surface area contributed by atoms with Crippen molar-refractivity contribution in [3.05, 3.63) is 35.5 Å². The maximum atomic E-state index is 9.09. The Morgan fingerprint density at radius 1 is 1.35 bits per heavy atom. The Balaban J connectivity index is 2.00. The van der Waals surface area contributed by atoms with Crippen LogP contribution in [0.2, 0.25) is 0 Å². The van der Waals surface area contributed by atoms with Crippen LogP contribution in [0, 0.1) is 0 Å². The van der Waals surface area contributed by atoms with Crippen molar-refractivity contribution >= 4 is 11.3 Å². The van der Waals surface area contributed by atoms with Gasteiger partial charge in [0.05, 0.1) is 24.6 Å². The van der Waals surface area contributed by atoms with E-state index in [1.54, 1.807) is 24.6 Å². The molecule has 0 atom stereocenters. The van der Waals surface area contributed by atoms with Crippen LogP contribution in [0.1, 0.15) is 5.69 Å². The molecule has 1 N–H and O–H groups in total. The number of hydrogen-bond acceptors (Lipinski definition) is 6. The second kappa shape index (κ2) is 8.06. The Labute approximate surface area is 122 Å². The molecule has 2 aromatic rings. The number of thiazole rings is 1. The molecule has 2 rings (SSSR count). The molecule has 0 saturated heterocycles. The molecule has 20 heavy (non-hydrogen) atoms. The van der Waals surface area contributed by atoms with Gasteiger partial charge in [-0.05, 0) is 12.1 Å². The Hall–Kier alpha value is -1.34. The average molecular weight is 293 g/mol. The van der Waals surface area contributed by atoms with Gasteiger partial charge in [0.2, 0.25) is 0 Å². The van der Waals surface area contributed by atoms with E-state index in [0.717, 1.165) is 22.9 Å². The molecular formula is C14H19N3O2S. The van der Waals surface area contributed by atoms with E-state index in [0.29, 0.717) is 19.7 Å². The van der Waals surface area contributed by atoms with Crippen molar-refractivity contribution in [3.63, 3.8) is 0 Å². The summed E-state index contributed by atoms with van der Waals surface area (Å²) >= 11 is 1.59. The maximum absolute atomic E-state index is 9.09. The van der Waals surface area contributed by atoms with Gasteiger partial charge in [0.1, 0.15) is 5.01 Å². The highest BCUT2D eigenvalue weighted by Crippen LogP contribution is 2.21. The molecule has 0 amide bonds. The third-order valence-corrected chi connectivity index (χ3v) is 3.76. The van der Waals surface area contributed by atoms with Crippen molar-refractivity contribution in [2.45, 2.75) is 6.54 Å². The molecule has 0 bridgehead atoms. The Kier molecular flexibility index (Phi) is 6.07. The first-order valence-corrected chi connectivity index (χ1v) is 7.39. The molecule has 0 aliphatic heterocycles. The predicted molar refractivity (Wildman–Crippen MR) is 79.6 cm³/mol. The molecule has 0 fully saturated rings. The summed E-state index contributed by atoms with van der Waals surface area (Å²) in [5, 5.41) is 12.1. The third kappa shape index (κ3) is 4.35. The van der Waals surface area contributed by atoms with Gasteiger partial charge in [0.25, 0.3) is 0 Å². The van der Waals surface area contributed by atoms with Crippen molar-refractivity contribution in [3.8, 4) is 10.7 Å². The predicted octanol–water partition coefficient (Wildman–Crippen LogP) is 1.65. The fraction of sp³-hybridized carbons (Fsp3) is 0.429. The summed E-state index contributed by atoms with van der Waals surface area (Å²) in [4.78, 5) is 11.0. The van der Waals surface area contributed by atoms with Crippen LogP contribution in [0.4, 0.5) is 0 Å². The number of ether oxygens (including phenoxy) is 1. The molecule has 0 spiro atoms. The van der Waals surface area contributed by atoms with E-state index in [1.165, 1.54) is 0 Å². The number of pyridine rings is 1. The number of nitrogens with zero attached hydrogens (tertiary/aromatic N) is 3. The highest BCUT2D eigenvalue weighted by molar-refractivity contribution is 7.13. The van der Waals surface area contributed by atoms with Gasteiger partial charge in [0.15, 0.2) is 0 Å². The van der Waals surface area contributed by atoms with Gasteiger partial charge in [-0.1, -0.05) is 6.07 Å². The van der Waals surface area contributed by atoms with Crippen LogP contribution in [0.15, 0.2) is 29.8 Å². The largest absolute Gasteiger partial charge is 0.395 e. The number of rotatable bonds is 8. The minimum absolute atomic E-state index is 0.140. The average Bonchev–Trinajstić information content (AvgIpc) is 2.94. The number of hydrogen-bond donors (Lipinski definition) is 1. The van der Waals surface area contributed by atoms with Crippen LogP contribution >= 0.6 is 11.3 Å². The summed E-state index contributed by atoms with van der Waals surface area (Å²) < 4.78 is 5.08. The number of aliphatic hydroxyl groups excluding tert-OH is 1. The maximum Gasteiger partial charge on any atom is 0.142 e. The molecule has 108 valence electrons. The van der Waals surface area contributed by atoms with Crippen LogP contribution in [0.5, 0.6) is 0 Å². The smallest absolute Gasteiger partial charge is 0.142 e. The highest BCUT2D eigenvalue weighted by atomic mass is 32.1.